The van der Waals surface area contributed by atoms with Gasteiger partial charge in [0.25, 0.3) is 0 Å². The van der Waals surface area contributed by atoms with E-state index in [1.54, 1.807) is 14.1 Å². The molecule has 0 aliphatic rings. The second kappa shape index (κ2) is 3.21. The van der Waals surface area contributed by atoms with Crippen LogP contribution in [-0.2, 0) is 11.3 Å². The maximum Gasteiger partial charge on any atom is 0.343 e. The standard InChI is InChI=1S/C6H10N4O2/c1-9(2)5(11)3-10-6(12)7-4-8-10/h4H,3H2,1-2H3,(H,7,8,12). The Labute approximate surface area is 68.8 Å². The quantitative estimate of drug-likeness (QED) is 0.597. The van der Waals surface area contributed by atoms with Crippen LogP contribution in [0.3, 0.4) is 0 Å². The van der Waals surface area contributed by atoms with Crippen LogP contribution in [0.15, 0.2) is 11.1 Å². The molecule has 0 fully saturated rings. The number of amides is 1. The molecule has 1 N–H and O–H groups in total. The number of rotatable bonds is 2. The highest BCUT2D eigenvalue weighted by Crippen LogP contribution is 1.81. The molecule has 0 aliphatic heterocycles. The van der Waals surface area contributed by atoms with Crippen LogP contribution in [0, 0.1) is 0 Å². The van der Waals surface area contributed by atoms with Gasteiger partial charge in [-0.25, -0.2) is 9.48 Å². The number of hydrogen-bond donors (Lipinski definition) is 1. The fourth-order valence-electron chi connectivity index (χ4n) is 0.663. The lowest BCUT2D eigenvalue weighted by Gasteiger charge is -2.08. The summed E-state index contributed by atoms with van der Waals surface area (Å²) in [5.74, 6) is -0.163. The van der Waals surface area contributed by atoms with E-state index >= 15 is 0 Å². The van der Waals surface area contributed by atoms with Crippen molar-refractivity contribution in [3.05, 3.63) is 16.8 Å². The zero-order valence-electron chi connectivity index (χ0n) is 6.94. The number of likely N-dealkylation sites (N-methyl/N-ethyl adjacent to an activating group) is 1. The van der Waals surface area contributed by atoms with E-state index in [1.807, 2.05) is 0 Å². The summed E-state index contributed by atoms with van der Waals surface area (Å²) < 4.78 is 1.07. The van der Waals surface area contributed by atoms with Crippen molar-refractivity contribution in [1.29, 1.82) is 0 Å². The fourth-order valence-corrected chi connectivity index (χ4v) is 0.663. The Hall–Kier alpha value is -1.59. The van der Waals surface area contributed by atoms with E-state index in [4.69, 9.17) is 0 Å². The van der Waals surface area contributed by atoms with E-state index in [2.05, 4.69) is 10.1 Å². The van der Waals surface area contributed by atoms with Crippen molar-refractivity contribution in [3.8, 4) is 0 Å². The molecule has 0 saturated carbocycles. The monoisotopic (exact) mass is 170 g/mol. The van der Waals surface area contributed by atoms with E-state index in [0.29, 0.717) is 0 Å². The second-order valence-electron chi connectivity index (χ2n) is 2.54. The van der Waals surface area contributed by atoms with Crippen LogP contribution in [0.25, 0.3) is 0 Å². The molecule has 1 amide bonds. The number of aromatic nitrogens is 3. The molecule has 1 aromatic heterocycles. The van der Waals surface area contributed by atoms with Gasteiger partial charge in [0.05, 0.1) is 0 Å². The molecule has 0 radical (unpaired) electrons. The van der Waals surface area contributed by atoms with Crippen molar-refractivity contribution < 1.29 is 4.79 Å². The Morgan fingerprint density at radius 2 is 2.42 bits per heavy atom. The smallest absolute Gasteiger partial charge is 0.343 e. The Morgan fingerprint density at radius 3 is 2.83 bits per heavy atom. The molecule has 0 spiro atoms. The Balaban J connectivity index is 2.71. The summed E-state index contributed by atoms with van der Waals surface area (Å²) in [7, 11) is 3.25. The molecule has 0 bridgehead atoms. The minimum absolute atomic E-state index is 0.0185. The van der Waals surface area contributed by atoms with E-state index in [0.717, 1.165) is 4.68 Å². The molecule has 0 saturated heterocycles. The molecule has 1 heterocycles. The summed E-state index contributed by atoms with van der Waals surface area (Å²) in [5.41, 5.74) is -0.370. The molecular formula is C6H10N4O2. The van der Waals surface area contributed by atoms with E-state index in [9.17, 15) is 9.59 Å². The number of H-pyrrole nitrogens is 1. The zero-order valence-corrected chi connectivity index (χ0v) is 6.94. The number of hydrogen-bond acceptors (Lipinski definition) is 3. The molecule has 0 aliphatic carbocycles. The lowest BCUT2D eigenvalue weighted by molar-refractivity contribution is -0.129. The summed E-state index contributed by atoms with van der Waals surface area (Å²) in [6, 6.07) is 0. The van der Waals surface area contributed by atoms with Gasteiger partial charge in [-0.1, -0.05) is 0 Å². The van der Waals surface area contributed by atoms with Crippen molar-refractivity contribution in [2.24, 2.45) is 0 Å². The lowest BCUT2D eigenvalue weighted by atomic mass is 10.5. The van der Waals surface area contributed by atoms with Gasteiger partial charge in [0.1, 0.15) is 12.9 Å². The predicted octanol–water partition coefficient (Wildman–Crippen LogP) is -1.34. The van der Waals surface area contributed by atoms with Gasteiger partial charge in [0.15, 0.2) is 0 Å². The molecule has 12 heavy (non-hydrogen) atoms. The highest BCUT2D eigenvalue weighted by molar-refractivity contribution is 5.75. The molecule has 0 unspecified atom stereocenters. The van der Waals surface area contributed by atoms with E-state index in [-0.39, 0.29) is 18.1 Å². The van der Waals surface area contributed by atoms with Crippen LogP contribution in [-0.4, -0.2) is 39.7 Å². The Morgan fingerprint density at radius 1 is 1.75 bits per heavy atom. The second-order valence-corrected chi connectivity index (χ2v) is 2.54. The van der Waals surface area contributed by atoms with Gasteiger partial charge in [0, 0.05) is 14.1 Å². The maximum atomic E-state index is 11.1. The summed E-state index contributed by atoms with van der Waals surface area (Å²) in [6.07, 6.45) is 1.26. The number of carbonyl (C=O) groups is 1. The third kappa shape index (κ3) is 1.71. The summed E-state index contributed by atoms with van der Waals surface area (Å²) >= 11 is 0. The molecule has 1 aromatic rings. The average Bonchev–Trinajstić information content (AvgIpc) is 2.36. The SMILES string of the molecule is CN(C)C(=O)Cn1nc[nH]c1=O. The first-order chi connectivity index (χ1) is 5.61. The third-order valence-corrected chi connectivity index (χ3v) is 1.40. The minimum atomic E-state index is -0.370. The third-order valence-electron chi connectivity index (χ3n) is 1.40. The number of aromatic amines is 1. The molecule has 0 atom stereocenters. The number of nitrogens with one attached hydrogen (secondary N) is 1. The fraction of sp³-hybridized carbons (Fsp3) is 0.500. The van der Waals surface area contributed by atoms with Gasteiger partial charge in [-0.3, -0.25) is 9.78 Å². The first kappa shape index (κ1) is 8.51. The van der Waals surface area contributed by atoms with Gasteiger partial charge in [-0.05, 0) is 0 Å². The van der Waals surface area contributed by atoms with Crippen LogP contribution in [0.1, 0.15) is 0 Å². The highest BCUT2D eigenvalue weighted by atomic mass is 16.2. The van der Waals surface area contributed by atoms with Crippen LogP contribution in [0.2, 0.25) is 0 Å². The van der Waals surface area contributed by atoms with Crippen LogP contribution in [0.4, 0.5) is 0 Å². The molecule has 0 aromatic carbocycles. The van der Waals surface area contributed by atoms with Crippen molar-refractivity contribution in [2.75, 3.05) is 14.1 Å². The molecule has 1 rings (SSSR count). The first-order valence-electron chi connectivity index (χ1n) is 3.42. The lowest BCUT2D eigenvalue weighted by Crippen LogP contribution is -2.31. The van der Waals surface area contributed by atoms with Gasteiger partial charge in [0.2, 0.25) is 5.91 Å². The van der Waals surface area contributed by atoms with Gasteiger partial charge in [-0.15, -0.1) is 0 Å². The van der Waals surface area contributed by atoms with Crippen LogP contribution < -0.4 is 5.69 Å². The molecule has 6 heteroatoms. The Kier molecular flexibility index (Phi) is 2.27. The predicted molar refractivity (Wildman–Crippen MR) is 41.5 cm³/mol. The average molecular weight is 170 g/mol. The van der Waals surface area contributed by atoms with Gasteiger partial charge >= 0.3 is 5.69 Å². The van der Waals surface area contributed by atoms with Crippen molar-refractivity contribution >= 4 is 5.91 Å². The topological polar surface area (TPSA) is 71.0 Å². The van der Waals surface area contributed by atoms with Crippen molar-refractivity contribution in [3.63, 3.8) is 0 Å². The number of nitrogens with zero attached hydrogens (tertiary/aromatic N) is 3. The van der Waals surface area contributed by atoms with E-state index in [1.165, 1.54) is 11.2 Å². The number of carbonyl (C=O) groups excluding carboxylic acids is 1. The molecule has 6 nitrogen and oxygen atoms in total. The molecular weight excluding hydrogens is 160 g/mol. The molecule has 66 valence electrons. The van der Waals surface area contributed by atoms with E-state index < -0.39 is 0 Å². The summed E-state index contributed by atoms with van der Waals surface area (Å²) in [5, 5.41) is 3.64. The van der Waals surface area contributed by atoms with Crippen molar-refractivity contribution in [1.82, 2.24) is 19.7 Å². The summed E-state index contributed by atoms with van der Waals surface area (Å²) in [4.78, 5) is 25.7. The largest absolute Gasteiger partial charge is 0.347 e. The normalized spacial score (nSPS) is 9.83. The van der Waals surface area contributed by atoms with Gasteiger partial charge < -0.3 is 4.90 Å². The maximum absolute atomic E-state index is 11.1. The van der Waals surface area contributed by atoms with Crippen LogP contribution >= 0.6 is 0 Å². The van der Waals surface area contributed by atoms with Crippen molar-refractivity contribution in [2.45, 2.75) is 6.54 Å². The zero-order chi connectivity index (χ0) is 9.14. The highest BCUT2D eigenvalue weighted by Gasteiger charge is 2.06. The first-order valence-corrected chi connectivity index (χ1v) is 3.42. The van der Waals surface area contributed by atoms with Crippen LogP contribution in [0.5, 0.6) is 0 Å². The minimum Gasteiger partial charge on any atom is -0.347 e. The summed E-state index contributed by atoms with van der Waals surface area (Å²) in [6.45, 7) is -0.0185. The Bertz CT molecular complexity index is 324. The van der Waals surface area contributed by atoms with Gasteiger partial charge in [-0.2, -0.15) is 5.10 Å².